The summed E-state index contributed by atoms with van der Waals surface area (Å²) in [6.07, 6.45) is 1.54. The van der Waals surface area contributed by atoms with E-state index in [0.717, 1.165) is 24.2 Å². The van der Waals surface area contributed by atoms with Crippen LogP contribution in [0.25, 0.3) is 0 Å². The number of hydrogen-bond acceptors (Lipinski definition) is 4. The molecule has 0 aliphatic carbocycles. The van der Waals surface area contributed by atoms with E-state index >= 15 is 0 Å². The molecular formula is C17H27NO4S. The van der Waals surface area contributed by atoms with Gasteiger partial charge in [-0.25, -0.2) is 8.42 Å². The molecule has 0 fully saturated rings. The number of carbonyl (C=O) groups is 1. The van der Waals surface area contributed by atoms with E-state index in [4.69, 9.17) is 4.74 Å². The maximum absolute atomic E-state index is 12.1. The van der Waals surface area contributed by atoms with Crippen molar-refractivity contribution in [2.75, 3.05) is 7.11 Å². The van der Waals surface area contributed by atoms with Crippen LogP contribution in [0.5, 0.6) is 5.75 Å². The highest BCUT2D eigenvalue weighted by Gasteiger charge is 2.31. The Morgan fingerprint density at radius 3 is 2.17 bits per heavy atom. The Balaban J connectivity index is 2.52. The van der Waals surface area contributed by atoms with Crippen LogP contribution in [0.15, 0.2) is 24.3 Å². The van der Waals surface area contributed by atoms with E-state index in [2.05, 4.69) is 5.32 Å². The lowest BCUT2D eigenvalue weighted by Gasteiger charge is -2.19. The third kappa shape index (κ3) is 5.53. The fourth-order valence-electron chi connectivity index (χ4n) is 2.17. The summed E-state index contributed by atoms with van der Waals surface area (Å²) >= 11 is 0. The van der Waals surface area contributed by atoms with Crippen LogP contribution in [0.1, 0.15) is 39.7 Å². The summed E-state index contributed by atoms with van der Waals surface area (Å²) in [5.74, 6) is 0.378. The first kappa shape index (κ1) is 19.5. The normalized spacial score (nSPS) is 14.3. The molecule has 0 saturated heterocycles. The number of sulfone groups is 1. The van der Waals surface area contributed by atoms with Gasteiger partial charge in [-0.15, -0.1) is 0 Å². The summed E-state index contributed by atoms with van der Waals surface area (Å²) in [6.45, 7) is 6.51. The highest BCUT2D eigenvalue weighted by Crippen LogP contribution is 2.14. The molecule has 5 nitrogen and oxygen atoms in total. The Hall–Kier alpha value is -1.56. The highest BCUT2D eigenvalue weighted by molar-refractivity contribution is 7.93. The van der Waals surface area contributed by atoms with Crippen molar-refractivity contribution in [1.82, 2.24) is 5.32 Å². The van der Waals surface area contributed by atoms with Gasteiger partial charge in [0.2, 0.25) is 5.91 Å². The van der Waals surface area contributed by atoms with Crippen LogP contribution in [-0.4, -0.2) is 38.0 Å². The zero-order valence-electron chi connectivity index (χ0n) is 14.5. The second-order valence-electron chi connectivity index (χ2n) is 6.08. The number of ether oxygens (including phenoxy) is 1. The van der Waals surface area contributed by atoms with Crippen LogP contribution in [0.2, 0.25) is 0 Å². The Morgan fingerprint density at radius 2 is 1.70 bits per heavy atom. The van der Waals surface area contributed by atoms with Crippen LogP contribution in [-0.2, 0) is 21.1 Å². The van der Waals surface area contributed by atoms with Crippen LogP contribution in [0.4, 0.5) is 0 Å². The maximum Gasteiger partial charge on any atom is 0.238 e. The van der Waals surface area contributed by atoms with Crippen molar-refractivity contribution in [1.29, 1.82) is 0 Å². The van der Waals surface area contributed by atoms with E-state index in [1.54, 1.807) is 21.0 Å². The molecule has 0 saturated carbocycles. The average Bonchev–Trinajstić information content (AvgIpc) is 2.52. The largest absolute Gasteiger partial charge is 0.497 e. The Kier molecular flexibility index (Phi) is 7.06. The quantitative estimate of drug-likeness (QED) is 0.788. The van der Waals surface area contributed by atoms with Gasteiger partial charge in [-0.2, -0.15) is 0 Å². The number of amides is 1. The molecule has 0 bridgehead atoms. The van der Waals surface area contributed by atoms with Crippen molar-refractivity contribution in [3.05, 3.63) is 29.8 Å². The topological polar surface area (TPSA) is 72.5 Å². The number of hydrogen-bond donors (Lipinski definition) is 1. The molecule has 1 rings (SSSR count). The predicted molar refractivity (Wildman–Crippen MR) is 92.4 cm³/mol. The molecule has 1 N–H and O–H groups in total. The second kappa shape index (κ2) is 8.34. The number of aryl methyl sites for hydroxylation is 1. The minimum Gasteiger partial charge on any atom is -0.497 e. The molecule has 0 aliphatic rings. The minimum absolute atomic E-state index is 0.0885. The molecule has 1 amide bonds. The molecule has 0 aromatic heterocycles. The molecular weight excluding hydrogens is 314 g/mol. The summed E-state index contributed by atoms with van der Waals surface area (Å²) in [5, 5.41) is 1.21. The first-order chi connectivity index (χ1) is 10.7. The van der Waals surface area contributed by atoms with Gasteiger partial charge in [0.15, 0.2) is 9.84 Å². The van der Waals surface area contributed by atoms with Gasteiger partial charge < -0.3 is 10.1 Å². The third-order valence-corrected chi connectivity index (χ3v) is 6.45. The van der Waals surface area contributed by atoms with E-state index in [0.29, 0.717) is 0 Å². The van der Waals surface area contributed by atoms with Gasteiger partial charge in [-0.1, -0.05) is 12.1 Å². The van der Waals surface area contributed by atoms with Gasteiger partial charge in [0.25, 0.3) is 0 Å². The fourth-order valence-corrected chi connectivity index (χ4v) is 3.35. The van der Waals surface area contributed by atoms with Gasteiger partial charge in [-0.05, 0) is 58.2 Å². The van der Waals surface area contributed by atoms with Gasteiger partial charge in [-0.3, -0.25) is 4.79 Å². The van der Waals surface area contributed by atoms with Gasteiger partial charge in [0.05, 0.1) is 12.4 Å². The number of rotatable bonds is 8. The van der Waals surface area contributed by atoms with Crippen molar-refractivity contribution < 1.29 is 17.9 Å². The number of methoxy groups -OCH3 is 1. The summed E-state index contributed by atoms with van der Waals surface area (Å²) in [4.78, 5) is 12.1. The molecule has 1 aromatic carbocycles. The lowest BCUT2D eigenvalue weighted by Crippen LogP contribution is -2.44. The SMILES string of the molecule is COc1ccc(CC[C@H](C)NC(=O)[C@H](C)S(=O)(=O)C(C)C)cc1. The Bertz CT molecular complexity index is 608. The van der Waals surface area contributed by atoms with Crippen LogP contribution in [0, 0.1) is 0 Å². The van der Waals surface area contributed by atoms with E-state index in [9.17, 15) is 13.2 Å². The van der Waals surface area contributed by atoms with Crippen molar-refractivity contribution in [3.63, 3.8) is 0 Å². The van der Waals surface area contributed by atoms with Crippen LogP contribution < -0.4 is 10.1 Å². The standard InChI is InChI=1S/C17H27NO4S/c1-12(2)23(20,21)14(4)17(19)18-13(3)6-7-15-8-10-16(22-5)11-9-15/h8-14H,6-7H2,1-5H3,(H,18,19)/t13-,14-/m0/s1. The maximum atomic E-state index is 12.1. The first-order valence-electron chi connectivity index (χ1n) is 7.84. The summed E-state index contributed by atoms with van der Waals surface area (Å²) in [5.41, 5.74) is 1.15. The third-order valence-electron chi connectivity index (χ3n) is 3.93. The first-order valence-corrected chi connectivity index (χ1v) is 9.45. The lowest BCUT2D eigenvalue weighted by atomic mass is 10.1. The molecule has 0 spiro atoms. The van der Waals surface area contributed by atoms with E-state index in [1.165, 1.54) is 6.92 Å². The molecule has 0 radical (unpaired) electrons. The van der Waals surface area contributed by atoms with E-state index < -0.39 is 26.2 Å². The minimum atomic E-state index is -3.42. The van der Waals surface area contributed by atoms with Gasteiger partial charge in [0, 0.05) is 6.04 Å². The van der Waals surface area contributed by atoms with Crippen molar-refractivity contribution in [3.8, 4) is 5.75 Å². The molecule has 23 heavy (non-hydrogen) atoms. The number of carbonyl (C=O) groups excluding carboxylic acids is 1. The molecule has 130 valence electrons. The number of benzene rings is 1. The lowest BCUT2D eigenvalue weighted by molar-refractivity contribution is -0.121. The van der Waals surface area contributed by atoms with Crippen LogP contribution in [0.3, 0.4) is 0 Å². The van der Waals surface area contributed by atoms with Crippen molar-refractivity contribution >= 4 is 15.7 Å². The molecule has 0 aliphatic heterocycles. The zero-order chi connectivity index (χ0) is 17.6. The van der Waals surface area contributed by atoms with Gasteiger partial charge in [0.1, 0.15) is 11.0 Å². The van der Waals surface area contributed by atoms with E-state index in [-0.39, 0.29) is 6.04 Å². The summed E-state index contributed by atoms with van der Waals surface area (Å²) in [7, 11) is -1.80. The zero-order valence-corrected chi connectivity index (χ0v) is 15.3. The molecule has 2 atom stereocenters. The molecule has 0 unspecified atom stereocenters. The summed E-state index contributed by atoms with van der Waals surface area (Å²) in [6, 6.07) is 7.68. The monoisotopic (exact) mass is 341 g/mol. The van der Waals surface area contributed by atoms with Crippen LogP contribution >= 0.6 is 0 Å². The number of nitrogens with one attached hydrogen (secondary N) is 1. The van der Waals surface area contributed by atoms with Crippen molar-refractivity contribution in [2.24, 2.45) is 0 Å². The Labute approximate surface area is 139 Å². The second-order valence-corrected chi connectivity index (χ2v) is 8.90. The molecule has 1 aromatic rings. The molecule has 6 heteroatoms. The van der Waals surface area contributed by atoms with Gasteiger partial charge >= 0.3 is 0 Å². The Morgan fingerprint density at radius 1 is 1.13 bits per heavy atom. The fraction of sp³-hybridized carbons (Fsp3) is 0.588. The summed E-state index contributed by atoms with van der Waals surface area (Å²) < 4.78 is 29.2. The average molecular weight is 341 g/mol. The van der Waals surface area contributed by atoms with Crippen molar-refractivity contribution in [2.45, 2.75) is 57.1 Å². The predicted octanol–water partition coefficient (Wildman–Crippen LogP) is 2.34. The smallest absolute Gasteiger partial charge is 0.238 e. The molecule has 0 heterocycles. The van der Waals surface area contributed by atoms with E-state index in [1.807, 2.05) is 31.2 Å². The highest BCUT2D eigenvalue weighted by atomic mass is 32.2.